The first-order valence-corrected chi connectivity index (χ1v) is 50.0. The van der Waals surface area contributed by atoms with Gasteiger partial charge >= 0.3 is 0 Å². The van der Waals surface area contributed by atoms with Crippen LogP contribution in [0.25, 0.3) is 172 Å². The van der Waals surface area contributed by atoms with Crippen LogP contribution >= 0.6 is 22.7 Å². The Hall–Kier alpha value is -11.0. The molecule has 0 aliphatic carbocycles. The van der Waals surface area contributed by atoms with E-state index in [-0.39, 0.29) is 21.7 Å². The van der Waals surface area contributed by atoms with Gasteiger partial charge in [-0.15, -0.1) is 22.7 Å². The molecule has 0 unspecified atom stereocenters. The molecule has 0 spiro atoms. The van der Waals surface area contributed by atoms with Crippen LogP contribution < -0.4 is 0 Å². The maximum absolute atomic E-state index is 2.51. The predicted molar refractivity (Wildman–Crippen MR) is 580 cm³/mol. The molecule has 0 saturated heterocycles. The van der Waals surface area contributed by atoms with Crippen molar-refractivity contribution in [3.05, 3.63) is 334 Å². The molecular weight excluding hydrogens is 1600 g/mol. The highest BCUT2D eigenvalue weighted by Gasteiger charge is 2.31. The van der Waals surface area contributed by atoms with E-state index >= 15 is 0 Å². The van der Waals surface area contributed by atoms with Crippen LogP contribution in [0.2, 0.25) is 0 Å². The normalized spacial score (nSPS) is 12.7. The fraction of sp³-hybridized carbons (Fsp3) is 0.312. The van der Waals surface area contributed by atoms with E-state index in [0.717, 1.165) is 0 Å². The van der Waals surface area contributed by atoms with E-state index in [1.807, 2.05) is 22.7 Å². The highest BCUT2D eigenvalue weighted by atomic mass is 32.1. The second-order valence-electron chi connectivity index (χ2n) is 44.4. The number of benzene rings is 16. The van der Waals surface area contributed by atoms with Gasteiger partial charge in [-0.2, -0.15) is 0 Å². The molecule has 2 heterocycles. The van der Waals surface area contributed by atoms with Crippen molar-refractivity contribution in [3.63, 3.8) is 0 Å². The summed E-state index contributed by atoms with van der Waals surface area (Å²) in [5, 5.41) is 16.3. The third kappa shape index (κ3) is 17.4. The molecule has 0 aliphatic rings. The lowest BCUT2D eigenvalue weighted by atomic mass is 9.73. The van der Waals surface area contributed by atoms with Gasteiger partial charge in [-0.25, -0.2) is 0 Å². The molecule has 0 radical (unpaired) electrons. The standard InChI is InChI=1S/C65H70S.C63H66S/c1-38(2)48-36-52(39(3)4)60(53(37-48)40(5)6)47-18-16-17-42(31-47)44-21-27-50-56(34-44)61(64(10,11)12)51-28-22-45(35-57(51)62(50)65(13,14)15)46-24-30-59-55(33-46)54-32-43(23-29-58(54)66-59)41-19-25-49(26-20-41)63(7,8)9;1-36(2)48-34-52(37(3)4)62(53(35-48)38(5)6)47-16-14-15-42(29-47)44-19-25-50-56(32-44)60(39(7)8)51-26-20-45(33-57(51)61(50)40(9)10)46-22-28-59-55(31-46)54-30-43(21-27-58(54)64-59)41-17-23-49(24-18-41)63(11,12)13/h16-40H,1-15H3;14-40H,1-13H3. The van der Waals surface area contributed by atoms with Gasteiger partial charge in [-0.3, -0.25) is 0 Å². The maximum atomic E-state index is 2.51. The molecule has 18 aromatic rings. The van der Waals surface area contributed by atoms with Crippen molar-refractivity contribution in [1.29, 1.82) is 0 Å². The average molecular weight is 1740 g/mol. The molecule has 0 fully saturated rings. The number of thiophene rings is 2. The van der Waals surface area contributed by atoms with Crippen molar-refractivity contribution in [2.75, 3.05) is 0 Å². The minimum absolute atomic E-state index is 0.0926. The molecule has 0 saturated carbocycles. The van der Waals surface area contributed by atoms with Crippen LogP contribution in [0.5, 0.6) is 0 Å². The van der Waals surface area contributed by atoms with Gasteiger partial charge < -0.3 is 0 Å². The molecule has 16 aromatic carbocycles. The number of fused-ring (bicyclic) bond motifs is 10. The van der Waals surface area contributed by atoms with Crippen LogP contribution in [0, 0.1) is 0 Å². The molecule has 0 N–H and O–H groups in total. The summed E-state index contributed by atoms with van der Waals surface area (Å²) < 4.78 is 5.33. The fourth-order valence-electron chi connectivity index (χ4n) is 21.0. The lowest BCUT2D eigenvalue weighted by molar-refractivity contribution is 0.590. The zero-order valence-electron chi connectivity index (χ0n) is 82.8. The minimum Gasteiger partial charge on any atom is -0.135 e. The van der Waals surface area contributed by atoms with Crippen molar-refractivity contribution in [2.24, 2.45) is 0 Å². The van der Waals surface area contributed by atoms with Crippen molar-refractivity contribution >= 4 is 106 Å². The van der Waals surface area contributed by atoms with Gasteiger partial charge in [-0.1, -0.05) is 376 Å². The first-order valence-electron chi connectivity index (χ1n) is 48.4. The van der Waals surface area contributed by atoms with Gasteiger partial charge in [0.15, 0.2) is 0 Å². The van der Waals surface area contributed by atoms with Gasteiger partial charge in [0.25, 0.3) is 0 Å². The SMILES string of the molecule is CC(C)c1cc(C(C)C)c(-c2cccc(-c3ccc4c(C(C)(C)C)c5cc(-c6ccc7sc8ccc(-c9ccc(C(C)(C)C)cc9)cc8c7c6)ccc5c(C(C)(C)C)c4c3)c2)c(C(C)C)c1.CC(C)c1cc(C(C)C)c(-c2cccc(-c3ccc4c(C(C)C)c5cc(-c6ccc7sc8ccc(-c9ccc(C(C)(C)C)cc9)cc8c7c6)ccc5c(C(C)C)c4c3)c2)c(C(C)C)c1. The summed E-state index contributed by atoms with van der Waals surface area (Å²) in [7, 11) is 0. The Labute approximate surface area is 785 Å². The van der Waals surface area contributed by atoms with E-state index in [9.17, 15) is 0 Å². The van der Waals surface area contributed by atoms with E-state index in [2.05, 4.69) is 461 Å². The molecule has 0 nitrogen and oxygen atoms in total. The van der Waals surface area contributed by atoms with Crippen LogP contribution in [0.3, 0.4) is 0 Å². The molecule has 0 amide bonds. The summed E-state index contributed by atoms with van der Waals surface area (Å²) in [5.74, 6) is 3.41. The Balaban J connectivity index is 0.000000182. The second-order valence-corrected chi connectivity index (χ2v) is 46.5. The summed E-state index contributed by atoms with van der Waals surface area (Å²) >= 11 is 3.79. The van der Waals surface area contributed by atoms with E-state index < -0.39 is 0 Å². The third-order valence-corrected chi connectivity index (χ3v) is 30.3. The van der Waals surface area contributed by atoms with Crippen molar-refractivity contribution in [1.82, 2.24) is 0 Å². The van der Waals surface area contributed by atoms with E-state index in [0.29, 0.717) is 47.3 Å². The Morgan fingerprint density at radius 3 is 0.662 bits per heavy atom. The number of rotatable bonds is 16. The summed E-state index contributed by atoms with van der Waals surface area (Å²) in [6.07, 6.45) is 0. The highest BCUT2D eigenvalue weighted by Crippen LogP contribution is 2.52. The predicted octanol–water partition coefficient (Wildman–Crippen LogP) is 40.2. The van der Waals surface area contributed by atoms with Gasteiger partial charge in [0.05, 0.1) is 0 Å². The first-order chi connectivity index (χ1) is 61.6. The topological polar surface area (TPSA) is 0 Å². The molecule has 2 aromatic heterocycles. The highest BCUT2D eigenvalue weighted by molar-refractivity contribution is 7.26. The summed E-state index contributed by atoms with van der Waals surface area (Å²) in [6, 6.07) is 104. The largest absolute Gasteiger partial charge is 0.135 e. The molecule has 0 atom stereocenters. The molecule has 0 bridgehead atoms. The number of hydrogen-bond donors (Lipinski definition) is 0. The van der Waals surface area contributed by atoms with Crippen LogP contribution in [0.4, 0.5) is 0 Å². The first kappa shape index (κ1) is 90.9. The fourth-order valence-corrected chi connectivity index (χ4v) is 23.1. The zero-order valence-corrected chi connectivity index (χ0v) is 84.5. The summed E-state index contributed by atoms with van der Waals surface area (Å²) in [6.45, 7) is 65.6. The number of hydrogen-bond acceptors (Lipinski definition) is 2. The second kappa shape index (κ2) is 34.9. The van der Waals surface area contributed by atoms with Gasteiger partial charge in [0.1, 0.15) is 0 Å². The summed E-state index contributed by atoms with van der Waals surface area (Å²) in [4.78, 5) is 0. The van der Waals surface area contributed by atoms with Crippen molar-refractivity contribution in [2.45, 2.75) is 263 Å². The van der Waals surface area contributed by atoms with Crippen molar-refractivity contribution < 1.29 is 0 Å². The minimum atomic E-state index is -0.0926. The van der Waals surface area contributed by atoms with E-state index in [1.54, 1.807) is 0 Å². The Kier molecular flexibility index (Phi) is 24.4. The Morgan fingerprint density at radius 1 is 0.177 bits per heavy atom. The van der Waals surface area contributed by atoms with E-state index in [1.165, 1.54) is 239 Å². The van der Waals surface area contributed by atoms with Crippen LogP contribution in [0.1, 0.15) is 308 Å². The van der Waals surface area contributed by atoms with Crippen LogP contribution in [-0.2, 0) is 21.7 Å². The quantitative estimate of drug-likeness (QED) is 0.0846. The van der Waals surface area contributed by atoms with Crippen LogP contribution in [-0.4, -0.2) is 0 Å². The lowest BCUT2D eigenvalue weighted by Gasteiger charge is -2.31. The van der Waals surface area contributed by atoms with E-state index in [4.69, 9.17) is 0 Å². The van der Waals surface area contributed by atoms with Crippen molar-refractivity contribution in [3.8, 4) is 89.0 Å². The molecule has 660 valence electrons. The smallest absolute Gasteiger partial charge is 0.0355 e. The zero-order chi connectivity index (χ0) is 92.5. The Bertz CT molecular complexity index is 7340. The van der Waals surface area contributed by atoms with Gasteiger partial charge in [0.2, 0.25) is 0 Å². The van der Waals surface area contributed by atoms with Gasteiger partial charge in [0, 0.05) is 40.3 Å². The molecule has 0 aliphatic heterocycles. The molecule has 130 heavy (non-hydrogen) atoms. The lowest BCUT2D eigenvalue weighted by Crippen LogP contribution is -2.17. The monoisotopic (exact) mass is 1740 g/mol. The average Bonchev–Trinajstić information content (AvgIpc) is 0.802. The third-order valence-electron chi connectivity index (χ3n) is 28.0. The summed E-state index contributed by atoms with van der Waals surface area (Å²) in [5.41, 5.74) is 37.9. The van der Waals surface area contributed by atoms with Gasteiger partial charge in [-0.05, 0) is 353 Å². The van der Waals surface area contributed by atoms with Crippen LogP contribution in [0.15, 0.2) is 267 Å². The molecule has 18 rings (SSSR count). The Morgan fingerprint density at radius 2 is 0.408 bits per heavy atom. The maximum Gasteiger partial charge on any atom is 0.0355 e. The molecular formula is C128H136S2. The molecule has 2 heteroatoms.